The van der Waals surface area contributed by atoms with E-state index >= 15 is 0 Å². The average molecular weight is 647 g/mol. The van der Waals surface area contributed by atoms with Crippen LogP contribution in [0.2, 0.25) is 0 Å². The molecule has 0 atom stereocenters. The van der Waals surface area contributed by atoms with Gasteiger partial charge < -0.3 is 25.1 Å². The quantitative estimate of drug-likeness (QED) is 0.170. The zero-order chi connectivity index (χ0) is 30.2. The van der Waals surface area contributed by atoms with Crippen molar-refractivity contribution in [1.82, 2.24) is 19.7 Å². The summed E-state index contributed by atoms with van der Waals surface area (Å²) >= 11 is 3.64. The molecule has 0 bridgehead atoms. The molecule has 0 amide bonds. The van der Waals surface area contributed by atoms with E-state index in [1.165, 1.54) is 16.9 Å². The number of nitrogens with two attached hydrogens (primary N) is 1. The smallest absolute Gasteiger partial charge is 0.214 e. The summed E-state index contributed by atoms with van der Waals surface area (Å²) in [6.45, 7) is 8.35. The monoisotopic (exact) mass is 645 g/mol. The molecule has 222 valence electrons. The van der Waals surface area contributed by atoms with Gasteiger partial charge in [0.2, 0.25) is 5.78 Å². The van der Waals surface area contributed by atoms with Crippen LogP contribution in [0.4, 0.5) is 10.2 Å². The number of nitrogens with zero attached hydrogens (tertiary/aromatic N) is 3. The molecular formula is C33H33BrFN5O3. The van der Waals surface area contributed by atoms with E-state index in [-0.39, 0.29) is 29.0 Å². The molecule has 1 saturated heterocycles. The van der Waals surface area contributed by atoms with Gasteiger partial charge in [0, 0.05) is 30.0 Å². The standard InChI is InChI=1S/C33H33BrFN5O3/c1-19(2)39-12-10-22(11-13-39)42-31-16-21-15-28(38-27(21)17-25(31)34)32(41)24-18-37-40(33(24)36)29-9-8-23(14-20(29)3)43-30-7-5-4-6-26(30)35/h4-9,14-19,22,38H,10-13,36H2,1-3H3. The molecule has 1 aliphatic heterocycles. The second kappa shape index (κ2) is 11.9. The van der Waals surface area contributed by atoms with Crippen LogP contribution in [0.25, 0.3) is 16.6 Å². The number of aromatic amines is 1. The Bertz CT molecular complexity index is 1810. The zero-order valence-electron chi connectivity index (χ0n) is 24.2. The molecule has 0 aliphatic carbocycles. The molecule has 0 unspecified atom stereocenters. The van der Waals surface area contributed by atoms with Crippen LogP contribution in [0.15, 0.2) is 71.3 Å². The minimum absolute atomic E-state index is 0.136. The normalized spacial score (nSPS) is 14.5. The van der Waals surface area contributed by atoms with Gasteiger partial charge >= 0.3 is 0 Å². The minimum Gasteiger partial charge on any atom is -0.489 e. The number of ether oxygens (including phenoxy) is 2. The van der Waals surface area contributed by atoms with Gasteiger partial charge in [0.25, 0.3) is 0 Å². The largest absolute Gasteiger partial charge is 0.489 e. The third-order valence-electron chi connectivity index (χ3n) is 7.93. The number of piperidine rings is 1. The first-order chi connectivity index (χ1) is 20.7. The van der Waals surface area contributed by atoms with Crippen molar-refractivity contribution in [2.45, 2.75) is 45.8 Å². The average Bonchev–Trinajstić information content (AvgIpc) is 3.57. The van der Waals surface area contributed by atoms with Crippen LogP contribution in [0, 0.1) is 12.7 Å². The van der Waals surface area contributed by atoms with Gasteiger partial charge in [-0.3, -0.25) is 4.79 Å². The van der Waals surface area contributed by atoms with Gasteiger partial charge in [-0.2, -0.15) is 5.10 Å². The van der Waals surface area contributed by atoms with Crippen LogP contribution < -0.4 is 15.2 Å². The van der Waals surface area contributed by atoms with Gasteiger partial charge in [-0.15, -0.1) is 0 Å². The van der Waals surface area contributed by atoms with Crippen LogP contribution in [-0.2, 0) is 0 Å². The van der Waals surface area contributed by atoms with Crippen molar-refractivity contribution in [2.24, 2.45) is 0 Å². The van der Waals surface area contributed by atoms with E-state index < -0.39 is 5.82 Å². The molecule has 8 nitrogen and oxygen atoms in total. The highest BCUT2D eigenvalue weighted by Gasteiger charge is 2.24. The Labute approximate surface area is 257 Å². The van der Waals surface area contributed by atoms with Crippen LogP contribution in [0.1, 0.15) is 48.3 Å². The van der Waals surface area contributed by atoms with E-state index in [9.17, 15) is 9.18 Å². The molecule has 5 aromatic rings. The summed E-state index contributed by atoms with van der Waals surface area (Å²) in [6.07, 6.45) is 3.58. The number of benzene rings is 3. The first-order valence-corrected chi connectivity index (χ1v) is 15.1. The Morgan fingerprint density at radius 3 is 2.58 bits per heavy atom. The highest BCUT2D eigenvalue weighted by atomic mass is 79.9. The van der Waals surface area contributed by atoms with Gasteiger partial charge in [-0.25, -0.2) is 9.07 Å². The third kappa shape index (κ3) is 5.89. The van der Waals surface area contributed by atoms with Crippen molar-refractivity contribution >= 4 is 38.4 Å². The van der Waals surface area contributed by atoms with Crippen LogP contribution in [0.5, 0.6) is 17.2 Å². The van der Waals surface area contributed by atoms with E-state index in [4.69, 9.17) is 15.2 Å². The molecule has 0 saturated carbocycles. The third-order valence-corrected chi connectivity index (χ3v) is 8.55. The lowest BCUT2D eigenvalue weighted by molar-refractivity contribution is 0.0839. The first kappa shape index (κ1) is 28.9. The van der Waals surface area contributed by atoms with Crippen molar-refractivity contribution in [3.05, 3.63) is 94.0 Å². The minimum atomic E-state index is -0.445. The van der Waals surface area contributed by atoms with Crippen molar-refractivity contribution in [3.8, 4) is 22.9 Å². The summed E-state index contributed by atoms with van der Waals surface area (Å²) in [6, 6.07) is 17.7. The molecule has 3 N–H and O–H groups in total. The lowest BCUT2D eigenvalue weighted by Gasteiger charge is -2.34. The molecule has 6 rings (SSSR count). The van der Waals surface area contributed by atoms with Gasteiger partial charge in [-0.1, -0.05) is 12.1 Å². The number of hydrogen-bond acceptors (Lipinski definition) is 6. The molecule has 3 heterocycles. The fourth-order valence-corrected chi connectivity index (χ4v) is 5.93. The number of para-hydroxylation sites is 1. The number of hydrogen-bond donors (Lipinski definition) is 2. The number of anilines is 1. The number of fused-ring (bicyclic) bond motifs is 1. The van der Waals surface area contributed by atoms with E-state index in [0.717, 1.165) is 52.6 Å². The highest BCUT2D eigenvalue weighted by molar-refractivity contribution is 9.10. The maximum absolute atomic E-state index is 14.0. The topological polar surface area (TPSA) is 98.4 Å². The number of carbonyl (C=O) groups excluding carboxylic acids is 1. The maximum Gasteiger partial charge on any atom is 0.214 e. The second-order valence-electron chi connectivity index (χ2n) is 11.2. The Hall–Kier alpha value is -4.15. The molecule has 2 aromatic heterocycles. The number of nitrogens with one attached hydrogen (secondary N) is 1. The van der Waals surface area contributed by atoms with Crippen LogP contribution in [-0.4, -0.2) is 50.7 Å². The first-order valence-electron chi connectivity index (χ1n) is 14.3. The van der Waals surface area contributed by atoms with E-state index in [1.54, 1.807) is 36.4 Å². The van der Waals surface area contributed by atoms with Gasteiger partial charge in [0.1, 0.15) is 23.4 Å². The number of nitrogen functional groups attached to an aromatic ring is 1. The zero-order valence-corrected chi connectivity index (χ0v) is 25.8. The number of aromatic nitrogens is 3. The van der Waals surface area contributed by atoms with Crippen molar-refractivity contribution in [1.29, 1.82) is 0 Å². The Morgan fingerprint density at radius 1 is 1.09 bits per heavy atom. The molecule has 0 spiro atoms. The fraction of sp³-hybridized carbons (Fsp3) is 0.273. The Kier molecular flexibility index (Phi) is 7.98. The molecule has 1 fully saturated rings. The molecule has 3 aromatic carbocycles. The molecular weight excluding hydrogens is 613 g/mol. The number of H-pyrrole nitrogens is 1. The molecule has 43 heavy (non-hydrogen) atoms. The lowest BCUT2D eigenvalue weighted by atomic mass is 10.1. The number of aryl methyl sites for hydroxylation is 1. The molecule has 10 heteroatoms. The summed E-state index contributed by atoms with van der Waals surface area (Å²) in [7, 11) is 0. The number of carbonyl (C=O) groups is 1. The predicted molar refractivity (Wildman–Crippen MR) is 169 cm³/mol. The van der Waals surface area contributed by atoms with Gasteiger partial charge in [-0.05, 0) is 104 Å². The predicted octanol–water partition coefficient (Wildman–Crippen LogP) is 7.42. The number of likely N-dealkylation sites (tertiary alicyclic amines) is 1. The maximum atomic E-state index is 14.0. The Balaban J connectivity index is 1.20. The summed E-state index contributed by atoms with van der Waals surface area (Å²) in [5.41, 5.74) is 9.42. The van der Waals surface area contributed by atoms with E-state index in [1.807, 2.05) is 25.1 Å². The summed E-state index contributed by atoms with van der Waals surface area (Å²) in [5, 5.41) is 5.28. The summed E-state index contributed by atoms with van der Waals surface area (Å²) < 4.78 is 28.5. The molecule has 0 radical (unpaired) electrons. The van der Waals surface area contributed by atoms with Crippen molar-refractivity contribution < 1.29 is 18.7 Å². The summed E-state index contributed by atoms with van der Waals surface area (Å²) in [5.74, 6) is 0.876. The van der Waals surface area contributed by atoms with Crippen LogP contribution >= 0.6 is 15.9 Å². The second-order valence-corrected chi connectivity index (χ2v) is 12.0. The number of halogens is 2. The Morgan fingerprint density at radius 2 is 1.86 bits per heavy atom. The SMILES string of the molecule is Cc1cc(Oc2ccccc2F)ccc1-n1ncc(C(=O)c2cc3cc(OC4CCN(C(C)C)CC4)c(Br)cc3[nH]2)c1N. The molecule has 1 aliphatic rings. The fourth-order valence-electron chi connectivity index (χ4n) is 5.49. The number of rotatable bonds is 8. The van der Waals surface area contributed by atoms with Crippen molar-refractivity contribution in [3.63, 3.8) is 0 Å². The van der Waals surface area contributed by atoms with E-state index in [2.05, 4.69) is 44.8 Å². The van der Waals surface area contributed by atoms with Crippen molar-refractivity contribution in [2.75, 3.05) is 18.8 Å². The lowest BCUT2D eigenvalue weighted by Crippen LogP contribution is -2.41. The van der Waals surface area contributed by atoms with E-state index in [0.29, 0.717) is 23.2 Å². The van der Waals surface area contributed by atoms with Gasteiger partial charge in [0.05, 0.1) is 27.6 Å². The van der Waals surface area contributed by atoms with Gasteiger partial charge in [0.15, 0.2) is 11.6 Å². The summed E-state index contributed by atoms with van der Waals surface area (Å²) in [4.78, 5) is 19.3. The van der Waals surface area contributed by atoms with Crippen LogP contribution in [0.3, 0.4) is 0 Å². The highest BCUT2D eigenvalue weighted by Crippen LogP contribution is 2.34. The number of ketones is 1.